The number of hydrogen-bond acceptors (Lipinski definition) is 5. The molecule has 152 valence electrons. The van der Waals surface area contributed by atoms with Crippen LogP contribution in [-0.4, -0.2) is 40.7 Å². The van der Waals surface area contributed by atoms with Gasteiger partial charge < -0.3 is 15.5 Å². The molecule has 0 radical (unpaired) electrons. The van der Waals surface area contributed by atoms with Gasteiger partial charge in [-0.3, -0.25) is 14.4 Å². The van der Waals surface area contributed by atoms with E-state index in [9.17, 15) is 14.4 Å². The molecule has 0 unspecified atom stereocenters. The third-order valence-corrected chi connectivity index (χ3v) is 6.23. The second-order valence-corrected chi connectivity index (χ2v) is 8.55. The standard InChI is InChI=1S/C21H24N4O3S/c1-13-12-29-21(22-13)24-19(27)15-8-10-25(11-9-15)20(28)16-4-6-17(7-5-16)23-18(26)14-2-3-14/h4-7,12,14-15H,2-3,8-11H2,1H3,(H,23,26)(H,22,24,27). The van der Waals surface area contributed by atoms with Crippen molar-refractivity contribution in [1.82, 2.24) is 9.88 Å². The molecular weight excluding hydrogens is 388 g/mol. The molecule has 1 aromatic heterocycles. The van der Waals surface area contributed by atoms with Crippen molar-refractivity contribution in [2.75, 3.05) is 23.7 Å². The number of carbonyl (C=O) groups excluding carboxylic acids is 3. The zero-order valence-corrected chi connectivity index (χ0v) is 17.1. The molecule has 1 saturated heterocycles. The van der Waals surface area contributed by atoms with Crippen molar-refractivity contribution in [2.45, 2.75) is 32.6 Å². The number of nitrogens with one attached hydrogen (secondary N) is 2. The lowest BCUT2D eigenvalue weighted by molar-refractivity contribution is -0.121. The number of likely N-dealkylation sites (tertiary alicyclic amines) is 1. The van der Waals surface area contributed by atoms with E-state index >= 15 is 0 Å². The number of benzene rings is 1. The molecule has 1 aliphatic heterocycles. The van der Waals surface area contributed by atoms with Crippen molar-refractivity contribution >= 4 is 39.9 Å². The Hall–Kier alpha value is -2.74. The number of hydrogen-bond donors (Lipinski definition) is 2. The van der Waals surface area contributed by atoms with Gasteiger partial charge in [0, 0.05) is 41.6 Å². The Morgan fingerprint density at radius 3 is 2.17 bits per heavy atom. The van der Waals surface area contributed by atoms with Crippen molar-refractivity contribution < 1.29 is 14.4 Å². The van der Waals surface area contributed by atoms with Crippen molar-refractivity contribution in [1.29, 1.82) is 0 Å². The maximum Gasteiger partial charge on any atom is 0.253 e. The van der Waals surface area contributed by atoms with Gasteiger partial charge in [-0.1, -0.05) is 0 Å². The Balaban J connectivity index is 1.28. The van der Waals surface area contributed by atoms with Crippen LogP contribution in [0.3, 0.4) is 0 Å². The molecule has 2 heterocycles. The zero-order chi connectivity index (χ0) is 20.4. The Morgan fingerprint density at radius 2 is 1.59 bits per heavy atom. The van der Waals surface area contributed by atoms with E-state index in [-0.39, 0.29) is 29.6 Å². The molecule has 7 nitrogen and oxygen atoms in total. The smallest absolute Gasteiger partial charge is 0.253 e. The average molecular weight is 413 g/mol. The first kappa shape index (κ1) is 19.6. The number of piperidine rings is 1. The van der Waals surface area contributed by atoms with Crippen molar-refractivity contribution in [3.05, 3.63) is 40.9 Å². The summed E-state index contributed by atoms with van der Waals surface area (Å²) in [5.41, 5.74) is 2.20. The van der Waals surface area contributed by atoms with Gasteiger partial charge in [0.1, 0.15) is 0 Å². The minimum atomic E-state index is -0.108. The monoisotopic (exact) mass is 412 g/mol. The average Bonchev–Trinajstić information content (AvgIpc) is 3.51. The first-order chi connectivity index (χ1) is 14.0. The van der Waals surface area contributed by atoms with Crippen molar-refractivity contribution in [2.24, 2.45) is 11.8 Å². The number of rotatable bonds is 5. The summed E-state index contributed by atoms with van der Waals surface area (Å²) in [5.74, 6) is 0.0247. The van der Waals surface area contributed by atoms with Gasteiger partial charge in [-0.2, -0.15) is 0 Å². The summed E-state index contributed by atoms with van der Waals surface area (Å²) in [6.45, 7) is 2.99. The van der Waals surface area contributed by atoms with Crippen LogP contribution in [0.2, 0.25) is 0 Å². The van der Waals surface area contributed by atoms with Crippen LogP contribution in [0.4, 0.5) is 10.8 Å². The molecule has 2 N–H and O–H groups in total. The van der Waals surface area contributed by atoms with Gasteiger partial charge >= 0.3 is 0 Å². The highest BCUT2D eigenvalue weighted by Gasteiger charge is 2.30. The molecule has 2 aliphatic rings. The number of amides is 3. The first-order valence-electron chi connectivity index (χ1n) is 9.93. The van der Waals surface area contributed by atoms with Gasteiger partial charge in [0.05, 0.1) is 5.69 Å². The highest BCUT2D eigenvalue weighted by molar-refractivity contribution is 7.13. The van der Waals surface area contributed by atoms with E-state index in [2.05, 4.69) is 15.6 Å². The van der Waals surface area contributed by atoms with Gasteiger partial charge in [-0.15, -0.1) is 11.3 Å². The van der Waals surface area contributed by atoms with Crippen LogP contribution in [-0.2, 0) is 9.59 Å². The predicted octanol–water partition coefficient (Wildman–Crippen LogP) is 3.29. The van der Waals surface area contributed by atoms with E-state index in [1.54, 1.807) is 29.2 Å². The van der Waals surface area contributed by atoms with Crippen LogP contribution in [0.15, 0.2) is 29.6 Å². The van der Waals surface area contributed by atoms with Gasteiger partial charge in [0.25, 0.3) is 5.91 Å². The summed E-state index contributed by atoms with van der Waals surface area (Å²) in [6.07, 6.45) is 3.19. The molecule has 2 aromatic rings. The van der Waals surface area contributed by atoms with Crippen LogP contribution < -0.4 is 10.6 Å². The van der Waals surface area contributed by atoms with Crippen LogP contribution >= 0.6 is 11.3 Å². The highest BCUT2D eigenvalue weighted by Crippen LogP contribution is 2.30. The molecule has 1 aromatic carbocycles. The molecule has 0 spiro atoms. The Labute approximate surface area is 173 Å². The minimum absolute atomic E-state index is 0.0257. The van der Waals surface area contributed by atoms with Crippen LogP contribution in [0.1, 0.15) is 41.7 Å². The summed E-state index contributed by atoms with van der Waals surface area (Å²) < 4.78 is 0. The van der Waals surface area contributed by atoms with Crippen molar-refractivity contribution in [3.8, 4) is 0 Å². The lowest BCUT2D eigenvalue weighted by atomic mass is 9.95. The summed E-state index contributed by atoms with van der Waals surface area (Å²) in [6, 6.07) is 7.02. The summed E-state index contributed by atoms with van der Waals surface area (Å²) >= 11 is 1.42. The second kappa shape index (κ2) is 8.32. The maximum atomic E-state index is 12.8. The fraction of sp³-hybridized carbons (Fsp3) is 0.429. The van der Waals surface area contributed by atoms with Gasteiger partial charge in [0.15, 0.2) is 5.13 Å². The molecule has 0 atom stereocenters. The minimum Gasteiger partial charge on any atom is -0.339 e. The Bertz CT molecular complexity index is 912. The summed E-state index contributed by atoms with van der Waals surface area (Å²) in [5, 5.41) is 8.28. The molecule has 3 amide bonds. The lowest BCUT2D eigenvalue weighted by Gasteiger charge is -2.31. The normalized spacial score (nSPS) is 17.1. The van der Waals surface area contributed by atoms with E-state index in [0.29, 0.717) is 42.3 Å². The lowest BCUT2D eigenvalue weighted by Crippen LogP contribution is -2.41. The number of anilines is 2. The SMILES string of the molecule is Cc1csc(NC(=O)C2CCN(C(=O)c3ccc(NC(=O)C4CC4)cc3)CC2)n1. The van der Waals surface area contributed by atoms with E-state index < -0.39 is 0 Å². The summed E-state index contributed by atoms with van der Waals surface area (Å²) in [7, 11) is 0. The molecule has 8 heteroatoms. The fourth-order valence-electron chi connectivity index (χ4n) is 3.43. The number of nitrogens with zero attached hydrogens (tertiary/aromatic N) is 2. The van der Waals surface area contributed by atoms with E-state index in [1.807, 2.05) is 12.3 Å². The van der Waals surface area contributed by atoms with E-state index in [0.717, 1.165) is 18.5 Å². The van der Waals surface area contributed by atoms with Crippen LogP contribution in [0.5, 0.6) is 0 Å². The quantitative estimate of drug-likeness (QED) is 0.788. The van der Waals surface area contributed by atoms with E-state index in [1.165, 1.54) is 11.3 Å². The largest absolute Gasteiger partial charge is 0.339 e. The fourth-order valence-corrected chi connectivity index (χ4v) is 4.12. The second-order valence-electron chi connectivity index (χ2n) is 7.69. The van der Waals surface area contributed by atoms with Gasteiger partial charge in [-0.25, -0.2) is 4.98 Å². The van der Waals surface area contributed by atoms with Gasteiger partial charge in [0.2, 0.25) is 11.8 Å². The number of aryl methyl sites for hydroxylation is 1. The van der Waals surface area contributed by atoms with Crippen LogP contribution in [0.25, 0.3) is 0 Å². The number of carbonyl (C=O) groups is 3. The first-order valence-corrected chi connectivity index (χ1v) is 10.8. The topological polar surface area (TPSA) is 91.4 Å². The number of thiazole rings is 1. The molecule has 4 rings (SSSR count). The van der Waals surface area contributed by atoms with E-state index in [4.69, 9.17) is 0 Å². The third-order valence-electron chi connectivity index (χ3n) is 5.35. The zero-order valence-electron chi connectivity index (χ0n) is 16.3. The maximum absolute atomic E-state index is 12.8. The molecule has 1 saturated carbocycles. The molecular formula is C21H24N4O3S. The van der Waals surface area contributed by atoms with Crippen molar-refractivity contribution in [3.63, 3.8) is 0 Å². The number of aromatic nitrogens is 1. The Morgan fingerprint density at radius 1 is 0.966 bits per heavy atom. The Kier molecular flexibility index (Phi) is 5.62. The summed E-state index contributed by atoms with van der Waals surface area (Å²) in [4.78, 5) is 43.0. The molecule has 2 fully saturated rings. The third kappa shape index (κ3) is 4.82. The van der Waals surface area contributed by atoms with Crippen LogP contribution in [0, 0.1) is 18.8 Å². The van der Waals surface area contributed by atoms with Gasteiger partial charge in [-0.05, 0) is 56.9 Å². The predicted molar refractivity (Wildman–Crippen MR) is 112 cm³/mol. The molecule has 1 aliphatic carbocycles. The molecule has 0 bridgehead atoms. The molecule has 29 heavy (non-hydrogen) atoms. The highest BCUT2D eigenvalue weighted by atomic mass is 32.1.